The van der Waals surface area contributed by atoms with Gasteiger partial charge in [-0.05, 0) is 13.3 Å². The van der Waals surface area contributed by atoms with Crippen LogP contribution in [0.25, 0.3) is 0 Å². The van der Waals surface area contributed by atoms with Gasteiger partial charge in [0, 0.05) is 16.7 Å². The van der Waals surface area contributed by atoms with Gasteiger partial charge in [0.25, 0.3) is 0 Å². The Labute approximate surface area is 66.9 Å². The summed E-state index contributed by atoms with van der Waals surface area (Å²) in [5, 5.41) is 1.52. The fraction of sp³-hybridized carbons (Fsp3) is 0.750. The van der Waals surface area contributed by atoms with Gasteiger partial charge in [-0.1, -0.05) is 19.0 Å². The van der Waals surface area contributed by atoms with Crippen molar-refractivity contribution < 1.29 is 4.74 Å². The predicted molar refractivity (Wildman–Crippen MR) is 49.2 cm³/mol. The first-order valence-corrected chi connectivity index (χ1v) is 5.07. The summed E-state index contributed by atoms with van der Waals surface area (Å²) in [6.45, 7) is 7.20. The monoisotopic (exact) mass is 158 g/mol. The van der Waals surface area contributed by atoms with Crippen LogP contribution >= 0.6 is 0 Å². The van der Waals surface area contributed by atoms with E-state index < -0.39 is 0 Å². The van der Waals surface area contributed by atoms with Crippen molar-refractivity contribution in [2.75, 3.05) is 6.61 Å². The molecule has 0 spiro atoms. The zero-order chi connectivity index (χ0) is 7.98. The Morgan fingerprint density at radius 3 is 2.10 bits per heavy atom. The summed E-state index contributed by atoms with van der Waals surface area (Å²) in [7, 11) is 1.15. The van der Waals surface area contributed by atoms with Gasteiger partial charge in [-0.3, -0.25) is 0 Å². The minimum atomic E-state index is 0.814. The van der Waals surface area contributed by atoms with Crippen LogP contribution in [-0.2, 0) is 4.74 Å². The van der Waals surface area contributed by atoms with Crippen LogP contribution in [0.2, 0.25) is 0 Å². The van der Waals surface area contributed by atoms with Crippen molar-refractivity contribution >= 4 is 10.2 Å². The maximum absolute atomic E-state index is 5.46. The van der Waals surface area contributed by atoms with Gasteiger partial charge in [0.1, 0.15) is 0 Å². The standard InChI is InChI=1S/C8H18OSi/c1-4-7(9-6-3)8(10)5-2/h4-6H2,1-3,10H3. The van der Waals surface area contributed by atoms with Gasteiger partial charge in [-0.2, -0.15) is 0 Å². The molecule has 1 nitrogen and oxygen atoms in total. The summed E-state index contributed by atoms with van der Waals surface area (Å²) in [6.07, 6.45) is 2.22. The first-order valence-electron chi connectivity index (χ1n) is 4.07. The van der Waals surface area contributed by atoms with E-state index in [1.54, 1.807) is 0 Å². The van der Waals surface area contributed by atoms with Crippen LogP contribution in [0.15, 0.2) is 11.0 Å². The smallest absolute Gasteiger partial charge is 0.0900 e. The normalized spacial score (nSPS) is 13.1. The van der Waals surface area contributed by atoms with Crippen LogP contribution in [0.1, 0.15) is 33.6 Å². The van der Waals surface area contributed by atoms with Crippen LogP contribution in [0.5, 0.6) is 0 Å². The summed E-state index contributed by atoms with van der Waals surface area (Å²) < 4.78 is 5.46. The van der Waals surface area contributed by atoms with Crippen LogP contribution in [0, 0.1) is 0 Å². The summed E-state index contributed by atoms with van der Waals surface area (Å²) in [5.74, 6) is 1.23. The van der Waals surface area contributed by atoms with Crippen LogP contribution < -0.4 is 0 Å². The van der Waals surface area contributed by atoms with E-state index in [0.29, 0.717) is 0 Å². The molecule has 0 unspecified atom stereocenters. The molecule has 0 fully saturated rings. The van der Waals surface area contributed by atoms with E-state index in [-0.39, 0.29) is 0 Å². The maximum Gasteiger partial charge on any atom is 0.0900 e. The second-order valence-electron chi connectivity index (χ2n) is 2.34. The molecular weight excluding hydrogens is 140 g/mol. The Bertz CT molecular complexity index is 118. The molecule has 0 heterocycles. The number of ether oxygens (including phenoxy) is 1. The van der Waals surface area contributed by atoms with Crippen molar-refractivity contribution in [3.05, 3.63) is 11.0 Å². The Morgan fingerprint density at radius 2 is 1.80 bits per heavy atom. The fourth-order valence-corrected chi connectivity index (χ4v) is 1.40. The summed E-state index contributed by atoms with van der Waals surface area (Å²) in [6, 6.07) is 0. The van der Waals surface area contributed by atoms with Gasteiger partial charge in [0.05, 0.1) is 12.4 Å². The van der Waals surface area contributed by atoms with Crippen LogP contribution in [-0.4, -0.2) is 16.8 Å². The van der Waals surface area contributed by atoms with Crippen molar-refractivity contribution in [2.45, 2.75) is 33.6 Å². The summed E-state index contributed by atoms with van der Waals surface area (Å²) >= 11 is 0. The van der Waals surface area contributed by atoms with E-state index in [0.717, 1.165) is 29.7 Å². The molecule has 0 aliphatic rings. The third kappa shape index (κ3) is 3.06. The lowest BCUT2D eigenvalue weighted by molar-refractivity contribution is 0.218. The van der Waals surface area contributed by atoms with Crippen LogP contribution in [0.3, 0.4) is 0 Å². The van der Waals surface area contributed by atoms with E-state index in [1.807, 2.05) is 6.92 Å². The van der Waals surface area contributed by atoms with Crippen molar-refractivity contribution in [3.63, 3.8) is 0 Å². The second-order valence-corrected chi connectivity index (χ2v) is 3.55. The molecule has 0 aliphatic carbocycles. The second kappa shape index (κ2) is 5.53. The zero-order valence-electron chi connectivity index (χ0n) is 7.53. The van der Waals surface area contributed by atoms with Crippen LogP contribution in [0.4, 0.5) is 0 Å². The number of rotatable bonds is 4. The van der Waals surface area contributed by atoms with Crippen molar-refractivity contribution in [3.8, 4) is 0 Å². The Hall–Kier alpha value is -0.243. The molecule has 0 bridgehead atoms. The molecule has 0 aromatic carbocycles. The van der Waals surface area contributed by atoms with Crippen molar-refractivity contribution in [2.24, 2.45) is 0 Å². The van der Waals surface area contributed by atoms with E-state index in [1.165, 1.54) is 11.0 Å². The Balaban J connectivity index is 4.00. The lowest BCUT2D eigenvalue weighted by Crippen LogP contribution is -1.95. The van der Waals surface area contributed by atoms with E-state index in [9.17, 15) is 0 Å². The van der Waals surface area contributed by atoms with Crippen molar-refractivity contribution in [1.29, 1.82) is 0 Å². The number of hydrogen-bond donors (Lipinski definition) is 0. The van der Waals surface area contributed by atoms with Crippen molar-refractivity contribution in [1.82, 2.24) is 0 Å². The molecule has 0 rings (SSSR count). The van der Waals surface area contributed by atoms with Gasteiger partial charge in [-0.25, -0.2) is 0 Å². The van der Waals surface area contributed by atoms with Gasteiger partial charge in [0.2, 0.25) is 0 Å². The fourth-order valence-electron chi connectivity index (χ4n) is 0.898. The Kier molecular flexibility index (Phi) is 5.40. The minimum Gasteiger partial charge on any atom is -0.499 e. The Morgan fingerprint density at radius 1 is 1.20 bits per heavy atom. The summed E-state index contributed by atoms with van der Waals surface area (Å²) in [4.78, 5) is 0. The lowest BCUT2D eigenvalue weighted by Gasteiger charge is -2.09. The van der Waals surface area contributed by atoms with Gasteiger partial charge < -0.3 is 4.74 Å². The molecule has 60 valence electrons. The predicted octanol–water partition coefficient (Wildman–Crippen LogP) is 1.42. The number of hydrogen-bond acceptors (Lipinski definition) is 1. The van der Waals surface area contributed by atoms with Gasteiger partial charge in [-0.15, -0.1) is 0 Å². The molecule has 0 atom stereocenters. The third-order valence-corrected chi connectivity index (χ3v) is 2.91. The highest BCUT2D eigenvalue weighted by Crippen LogP contribution is 2.09. The first-order chi connectivity index (χ1) is 4.76. The third-order valence-electron chi connectivity index (χ3n) is 1.65. The largest absolute Gasteiger partial charge is 0.499 e. The molecule has 10 heavy (non-hydrogen) atoms. The molecular formula is C8H18OSi. The highest BCUT2D eigenvalue weighted by atomic mass is 28.1. The molecule has 0 aromatic rings. The molecule has 0 saturated heterocycles. The SMILES string of the molecule is CCOC(CC)=C([SiH3])CC. The molecule has 2 heteroatoms. The molecule has 0 radical (unpaired) electrons. The van der Waals surface area contributed by atoms with Gasteiger partial charge in [0.15, 0.2) is 0 Å². The highest BCUT2D eigenvalue weighted by molar-refractivity contribution is 6.21. The highest BCUT2D eigenvalue weighted by Gasteiger charge is 1.96. The van der Waals surface area contributed by atoms with E-state index in [2.05, 4.69) is 13.8 Å². The van der Waals surface area contributed by atoms with E-state index in [4.69, 9.17) is 4.74 Å². The average molecular weight is 158 g/mol. The molecule has 0 aromatic heterocycles. The molecule has 0 aliphatic heterocycles. The lowest BCUT2D eigenvalue weighted by atomic mass is 10.3. The van der Waals surface area contributed by atoms with Gasteiger partial charge >= 0.3 is 0 Å². The molecule has 0 amide bonds. The first kappa shape index (κ1) is 9.76. The topological polar surface area (TPSA) is 9.23 Å². The minimum absolute atomic E-state index is 0.814. The quantitative estimate of drug-likeness (QED) is 0.444. The number of allylic oxidation sites excluding steroid dienone is 2. The zero-order valence-corrected chi connectivity index (χ0v) is 9.53. The average Bonchev–Trinajstić information content (AvgIpc) is 1.99. The maximum atomic E-state index is 5.46. The summed E-state index contributed by atoms with van der Waals surface area (Å²) in [5.41, 5.74) is 0. The molecule has 0 N–H and O–H groups in total. The molecule has 0 saturated carbocycles. The van der Waals surface area contributed by atoms with E-state index >= 15 is 0 Å².